The Morgan fingerprint density at radius 3 is 2.70 bits per heavy atom. The summed E-state index contributed by atoms with van der Waals surface area (Å²) in [4.78, 5) is 16.9. The number of aromatic nitrogens is 1. The van der Waals surface area contributed by atoms with Crippen LogP contribution in [0.2, 0.25) is 0 Å². The van der Waals surface area contributed by atoms with Crippen LogP contribution in [0.1, 0.15) is 44.5 Å². The zero-order valence-corrected chi connectivity index (χ0v) is 13.5. The van der Waals surface area contributed by atoms with Gasteiger partial charge in [0.1, 0.15) is 5.82 Å². The fourth-order valence-electron chi connectivity index (χ4n) is 2.99. The molecule has 0 radical (unpaired) electrons. The molecule has 1 aliphatic heterocycles. The molecule has 1 atom stereocenters. The summed E-state index contributed by atoms with van der Waals surface area (Å²) in [5.41, 5.74) is 4.67. The van der Waals surface area contributed by atoms with Gasteiger partial charge in [-0.05, 0) is 44.0 Å². The fraction of sp³-hybridized carbons (Fsp3) is 0.333. The predicted octanol–water partition coefficient (Wildman–Crippen LogP) is 3.50. The van der Waals surface area contributed by atoms with E-state index in [0.29, 0.717) is 12.1 Å². The van der Waals surface area contributed by atoms with Crippen molar-refractivity contribution >= 4 is 11.6 Å². The zero-order valence-electron chi connectivity index (χ0n) is 13.5. The van der Waals surface area contributed by atoms with Crippen molar-refractivity contribution in [1.29, 1.82) is 0 Å². The van der Waals surface area contributed by atoms with Crippen LogP contribution in [0.4, 0.5) is 10.1 Å². The minimum atomic E-state index is -0.607. The highest BCUT2D eigenvalue weighted by Crippen LogP contribution is 2.41. The van der Waals surface area contributed by atoms with E-state index >= 15 is 0 Å². The quantitative estimate of drug-likeness (QED) is 0.939. The van der Waals surface area contributed by atoms with Crippen LogP contribution >= 0.6 is 0 Å². The number of benzene rings is 1. The molecule has 1 aromatic carbocycles. The largest absolute Gasteiger partial charge is 0.272 e. The molecule has 1 N–H and O–H groups in total. The van der Waals surface area contributed by atoms with Crippen LogP contribution in [0.3, 0.4) is 0 Å². The molecule has 1 amide bonds. The van der Waals surface area contributed by atoms with Gasteiger partial charge in [-0.2, -0.15) is 0 Å². The number of nitrogens with zero attached hydrogens (tertiary/aromatic N) is 2. The monoisotopic (exact) mass is 313 g/mol. The number of carbonyl (C=O) groups is 1. The van der Waals surface area contributed by atoms with Crippen molar-refractivity contribution in [2.24, 2.45) is 0 Å². The number of anilines is 1. The molecule has 0 aliphatic carbocycles. The summed E-state index contributed by atoms with van der Waals surface area (Å²) in [6, 6.07) is 10.2. The lowest BCUT2D eigenvalue weighted by atomic mass is 9.86. The van der Waals surface area contributed by atoms with Gasteiger partial charge in [-0.15, -0.1) is 0 Å². The third kappa shape index (κ3) is 2.51. The first-order valence-electron chi connectivity index (χ1n) is 7.77. The maximum absolute atomic E-state index is 14.0. The summed E-state index contributed by atoms with van der Waals surface area (Å²) in [6.07, 6.45) is 2.17. The average molecular weight is 313 g/mol. The van der Waals surface area contributed by atoms with Crippen LogP contribution in [-0.2, 0) is 10.2 Å². The van der Waals surface area contributed by atoms with Crippen molar-refractivity contribution in [1.82, 2.24) is 10.4 Å². The molecular weight excluding hydrogens is 293 g/mol. The highest BCUT2D eigenvalue weighted by atomic mass is 19.1. The molecule has 0 saturated carbocycles. The molecule has 5 heteroatoms. The molecule has 2 heterocycles. The number of amides is 1. The Bertz CT molecular complexity index is 745. The summed E-state index contributed by atoms with van der Waals surface area (Å²) in [7, 11) is 0. The van der Waals surface area contributed by atoms with Crippen molar-refractivity contribution in [3.63, 3.8) is 0 Å². The molecule has 1 unspecified atom stereocenters. The van der Waals surface area contributed by atoms with E-state index in [9.17, 15) is 9.18 Å². The summed E-state index contributed by atoms with van der Waals surface area (Å²) in [5.74, 6) is -0.417. The minimum absolute atomic E-state index is 0.0477. The number of pyridine rings is 1. The van der Waals surface area contributed by atoms with E-state index < -0.39 is 5.41 Å². The van der Waals surface area contributed by atoms with Gasteiger partial charge in [-0.25, -0.2) is 14.8 Å². The molecule has 3 rings (SSSR count). The van der Waals surface area contributed by atoms with Gasteiger partial charge in [-0.3, -0.25) is 9.78 Å². The van der Waals surface area contributed by atoms with E-state index in [0.717, 1.165) is 11.3 Å². The van der Waals surface area contributed by atoms with Gasteiger partial charge in [0.25, 0.3) is 5.91 Å². The SMILES string of the molecule is CCC(NN1C(=O)C(C)(C)c2ccccc21)c1ncccc1F. The van der Waals surface area contributed by atoms with Gasteiger partial charge in [0.2, 0.25) is 0 Å². The third-order valence-corrected chi connectivity index (χ3v) is 4.37. The van der Waals surface area contributed by atoms with Crippen LogP contribution in [0.5, 0.6) is 0 Å². The molecule has 1 aliphatic rings. The topological polar surface area (TPSA) is 45.2 Å². The number of hydrogen-bond acceptors (Lipinski definition) is 3. The Balaban J connectivity index is 1.96. The lowest BCUT2D eigenvalue weighted by Crippen LogP contribution is -2.47. The van der Waals surface area contributed by atoms with Crippen molar-refractivity contribution in [3.8, 4) is 0 Å². The zero-order chi connectivity index (χ0) is 16.6. The van der Waals surface area contributed by atoms with Gasteiger partial charge in [-0.1, -0.05) is 25.1 Å². The Labute approximate surface area is 135 Å². The van der Waals surface area contributed by atoms with E-state index in [1.54, 1.807) is 12.3 Å². The van der Waals surface area contributed by atoms with Crippen molar-refractivity contribution in [3.05, 3.63) is 59.7 Å². The second kappa shape index (κ2) is 5.74. The van der Waals surface area contributed by atoms with E-state index in [1.807, 2.05) is 45.0 Å². The first-order chi connectivity index (χ1) is 11.0. The van der Waals surface area contributed by atoms with Crippen LogP contribution in [0.15, 0.2) is 42.6 Å². The molecule has 23 heavy (non-hydrogen) atoms. The van der Waals surface area contributed by atoms with Crippen LogP contribution in [0, 0.1) is 5.82 Å². The van der Waals surface area contributed by atoms with Gasteiger partial charge in [0, 0.05) is 6.20 Å². The lowest BCUT2D eigenvalue weighted by molar-refractivity contribution is -0.122. The number of fused-ring (bicyclic) bond motifs is 1. The number of nitrogens with one attached hydrogen (secondary N) is 1. The molecule has 0 fully saturated rings. The molecule has 0 saturated heterocycles. The molecule has 0 spiro atoms. The Kier molecular flexibility index (Phi) is 3.90. The molecule has 120 valence electrons. The van der Waals surface area contributed by atoms with Gasteiger partial charge in [0.05, 0.1) is 22.8 Å². The summed E-state index contributed by atoms with van der Waals surface area (Å²) in [6.45, 7) is 5.74. The normalized spacial score (nSPS) is 17.2. The van der Waals surface area contributed by atoms with Crippen LogP contribution in [0.25, 0.3) is 0 Å². The van der Waals surface area contributed by atoms with Gasteiger partial charge >= 0.3 is 0 Å². The maximum atomic E-state index is 14.0. The average Bonchev–Trinajstić information content (AvgIpc) is 2.74. The van der Waals surface area contributed by atoms with E-state index in [1.165, 1.54) is 11.1 Å². The maximum Gasteiger partial charge on any atom is 0.251 e. The highest BCUT2D eigenvalue weighted by molar-refractivity contribution is 6.06. The standard InChI is InChI=1S/C18H20FN3O/c1-4-14(16-13(19)9-7-11-20-16)21-22-15-10-6-5-8-12(15)18(2,3)17(22)23/h5-11,14,21H,4H2,1-3H3. The Morgan fingerprint density at radius 1 is 1.26 bits per heavy atom. The van der Waals surface area contributed by atoms with E-state index in [-0.39, 0.29) is 17.8 Å². The molecule has 1 aromatic heterocycles. The van der Waals surface area contributed by atoms with Gasteiger partial charge in [0.15, 0.2) is 0 Å². The number of rotatable bonds is 4. The summed E-state index contributed by atoms with van der Waals surface area (Å²) in [5, 5.41) is 1.54. The Hall–Kier alpha value is -2.27. The van der Waals surface area contributed by atoms with Crippen molar-refractivity contribution in [2.75, 3.05) is 5.01 Å². The number of hydrazine groups is 1. The first-order valence-corrected chi connectivity index (χ1v) is 7.77. The number of hydrogen-bond donors (Lipinski definition) is 1. The lowest BCUT2D eigenvalue weighted by Gasteiger charge is -2.26. The number of halogens is 1. The van der Waals surface area contributed by atoms with Gasteiger partial charge < -0.3 is 0 Å². The predicted molar refractivity (Wildman–Crippen MR) is 87.3 cm³/mol. The van der Waals surface area contributed by atoms with Crippen molar-refractivity contribution < 1.29 is 9.18 Å². The Morgan fingerprint density at radius 2 is 2.00 bits per heavy atom. The van der Waals surface area contributed by atoms with E-state index in [4.69, 9.17) is 0 Å². The molecule has 0 bridgehead atoms. The second-order valence-corrected chi connectivity index (χ2v) is 6.24. The molecule has 2 aromatic rings. The van der Waals surface area contributed by atoms with Crippen LogP contribution < -0.4 is 10.4 Å². The molecular formula is C18H20FN3O. The van der Waals surface area contributed by atoms with E-state index in [2.05, 4.69) is 10.4 Å². The van der Waals surface area contributed by atoms with Crippen LogP contribution in [-0.4, -0.2) is 10.9 Å². The number of carbonyl (C=O) groups excluding carboxylic acids is 1. The number of para-hydroxylation sites is 1. The molecule has 4 nitrogen and oxygen atoms in total. The van der Waals surface area contributed by atoms with Crippen molar-refractivity contribution in [2.45, 2.75) is 38.6 Å². The first kappa shape index (κ1) is 15.6. The highest BCUT2D eigenvalue weighted by Gasteiger charge is 2.44. The summed E-state index contributed by atoms with van der Waals surface area (Å²) >= 11 is 0. The third-order valence-electron chi connectivity index (χ3n) is 4.37. The smallest absolute Gasteiger partial charge is 0.251 e. The summed E-state index contributed by atoms with van der Waals surface area (Å²) < 4.78 is 14.0. The fourth-order valence-corrected chi connectivity index (χ4v) is 2.99. The second-order valence-electron chi connectivity index (χ2n) is 6.24. The minimum Gasteiger partial charge on any atom is -0.272 e.